The highest BCUT2D eigenvalue weighted by atomic mass is 16.5. The van der Waals surface area contributed by atoms with Crippen LogP contribution in [0.3, 0.4) is 0 Å². The molecule has 0 aliphatic carbocycles. The Labute approximate surface area is 167 Å². The molecule has 3 rings (SSSR count). The van der Waals surface area contributed by atoms with Crippen LogP contribution in [0.5, 0.6) is 11.5 Å². The standard InChI is InChI=1S/C23H30N2O3/c1-18(2)28-22-12-6-4-10-20(22)16-24-15-19-9-3-5-11-21(19)27-17-23(26)25-13-7-8-14-25/h3-6,9-12,18,24H,7-8,13-17H2,1-2H3. The largest absolute Gasteiger partial charge is 0.491 e. The topological polar surface area (TPSA) is 50.8 Å². The zero-order chi connectivity index (χ0) is 19.8. The summed E-state index contributed by atoms with van der Waals surface area (Å²) in [6.07, 6.45) is 2.33. The number of para-hydroxylation sites is 2. The average molecular weight is 383 g/mol. The van der Waals surface area contributed by atoms with Gasteiger partial charge in [-0.15, -0.1) is 0 Å². The fourth-order valence-electron chi connectivity index (χ4n) is 3.34. The minimum atomic E-state index is 0.0695. The van der Waals surface area contributed by atoms with Crippen molar-refractivity contribution in [3.63, 3.8) is 0 Å². The summed E-state index contributed by atoms with van der Waals surface area (Å²) in [5.41, 5.74) is 2.16. The number of benzene rings is 2. The Morgan fingerprint density at radius 3 is 2.18 bits per heavy atom. The number of carbonyl (C=O) groups is 1. The van der Waals surface area contributed by atoms with Crippen molar-refractivity contribution < 1.29 is 14.3 Å². The van der Waals surface area contributed by atoms with E-state index >= 15 is 0 Å². The molecule has 2 aromatic carbocycles. The van der Waals surface area contributed by atoms with Gasteiger partial charge < -0.3 is 19.7 Å². The van der Waals surface area contributed by atoms with Crippen LogP contribution in [0.2, 0.25) is 0 Å². The predicted octanol–water partition coefficient (Wildman–Crippen LogP) is 3.76. The number of hydrogen-bond donors (Lipinski definition) is 1. The third-order valence-electron chi connectivity index (χ3n) is 4.75. The minimum absolute atomic E-state index is 0.0695. The first-order valence-corrected chi connectivity index (χ1v) is 10.1. The molecule has 1 saturated heterocycles. The Kier molecular flexibility index (Phi) is 7.31. The number of hydrogen-bond acceptors (Lipinski definition) is 4. The number of rotatable bonds is 9. The van der Waals surface area contributed by atoms with E-state index in [0.717, 1.165) is 48.6 Å². The molecular weight excluding hydrogens is 352 g/mol. The third-order valence-corrected chi connectivity index (χ3v) is 4.75. The van der Waals surface area contributed by atoms with Gasteiger partial charge in [-0.25, -0.2) is 0 Å². The van der Waals surface area contributed by atoms with Gasteiger partial charge in [-0.3, -0.25) is 4.79 Å². The van der Waals surface area contributed by atoms with Crippen molar-refractivity contribution in [2.75, 3.05) is 19.7 Å². The van der Waals surface area contributed by atoms with Crippen LogP contribution < -0.4 is 14.8 Å². The van der Waals surface area contributed by atoms with Crippen molar-refractivity contribution in [2.45, 2.75) is 45.9 Å². The third kappa shape index (κ3) is 5.73. The summed E-state index contributed by atoms with van der Waals surface area (Å²) in [5, 5.41) is 3.46. The molecule has 5 heteroatoms. The van der Waals surface area contributed by atoms with Crippen LogP contribution in [0.4, 0.5) is 0 Å². The lowest BCUT2D eigenvalue weighted by molar-refractivity contribution is -0.132. The molecule has 0 unspecified atom stereocenters. The Balaban J connectivity index is 1.54. The maximum Gasteiger partial charge on any atom is 0.260 e. The van der Waals surface area contributed by atoms with Crippen molar-refractivity contribution in [3.8, 4) is 11.5 Å². The highest BCUT2D eigenvalue weighted by Crippen LogP contribution is 2.21. The van der Waals surface area contributed by atoms with Crippen LogP contribution in [0.1, 0.15) is 37.8 Å². The van der Waals surface area contributed by atoms with Crippen LogP contribution in [0.25, 0.3) is 0 Å². The average Bonchev–Trinajstić information content (AvgIpc) is 3.23. The number of nitrogens with zero attached hydrogens (tertiary/aromatic N) is 1. The minimum Gasteiger partial charge on any atom is -0.491 e. The van der Waals surface area contributed by atoms with Crippen molar-refractivity contribution in [2.24, 2.45) is 0 Å². The monoisotopic (exact) mass is 382 g/mol. The van der Waals surface area contributed by atoms with E-state index < -0.39 is 0 Å². The van der Waals surface area contributed by atoms with Crippen LogP contribution in [-0.2, 0) is 17.9 Å². The molecule has 150 valence electrons. The number of carbonyl (C=O) groups excluding carboxylic acids is 1. The van der Waals surface area contributed by atoms with Gasteiger partial charge in [-0.1, -0.05) is 36.4 Å². The smallest absolute Gasteiger partial charge is 0.260 e. The summed E-state index contributed by atoms with van der Waals surface area (Å²) >= 11 is 0. The van der Waals surface area contributed by atoms with Crippen LogP contribution in [0.15, 0.2) is 48.5 Å². The van der Waals surface area contributed by atoms with Crippen molar-refractivity contribution >= 4 is 5.91 Å². The van der Waals surface area contributed by atoms with Crippen LogP contribution in [-0.4, -0.2) is 36.6 Å². The fourth-order valence-corrected chi connectivity index (χ4v) is 3.34. The molecule has 0 aromatic heterocycles. The number of ether oxygens (including phenoxy) is 2. The summed E-state index contributed by atoms with van der Waals surface area (Å²) in [5.74, 6) is 1.74. The van der Waals surface area contributed by atoms with Gasteiger partial charge >= 0.3 is 0 Å². The van der Waals surface area contributed by atoms with Gasteiger partial charge in [0.05, 0.1) is 6.10 Å². The van der Waals surface area contributed by atoms with E-state index in [1.165, 1.54) is 0 Å². The molecule has 0 atom stereocenters. The first kappa shape index (κ1) is 20.2. The molecule has 1 heterocycles. The molecule has 5 nitrogen and oxygen atoms in total. The quantitative estimate of drug-likeness (QED) is 0.717. The number of likely N-dealkylation sites (tertiary alicyclic amines) is 1. The number of nitrogens with one attached hydrogen (secondary N) is 1. The Morgan fingerprint density at radius 1 is 0.964 bits per heavy atom. The summed E-state index contributed by atoms with van der Waals surface area (Å²) in [6.45, 7) is 7.21. The molecule has 2 aromatic rings. The molecule has 0 radical (unpaired) electrons. The molecule has 28 heavy (non-hydrogen) atoms. The van der Waals surface area contributed by atoms with Gasteiger partial charge in [0.2, 0.25) is 0 Å². The summed E-state index contributed by atoms with van der Waals surface area (Å²) in [7, 11) is 0. The van der Waals surface area contributed by atoms with E-state index in [1.807, 2.05) is 61.2 Å². The number of amides is 1. The fraction of sp³-hybridized carbons (Fsp3) is 0.435. The zero-order valence-corrected chi connectivity index (χ0v) is 16.8. The van der Waals surface area contributed by atoms with Gasteiger partial charge in [0.15, 0.2) is 6.61 Å². The van der Waals surface area contributed by atoms with Gasteiger partial charge in [0.1, 0.15) is 11.5 Å². The second-order valence-electron chi connectivity index (χ2n) is 7.36. The Hall–Kier alpha value is -2.53. The van der Waals surface area contributed by atoms with Gasteiger partial charge in [-0.2, -0.15) is 0 Å². The van der Waals surface area contributed by atoms with E-state index in [9.17, 15) is 4.79 Å². The molecule has 1 aliphatic heterocycles. The lowest BCUT2D eigenvalue weighted by Crippen LogP contribution is -2.32. The highest BCUT2D eigenvalue weighted by molar-refractivity contribution is 5.78. The second kappa shape index (κ2) is 10.1. The van der Waals surface area contributed by atoms with Gasteiger partial charge in [-0.05, 0) is 38.8 Å². The van der Waals surface area contributed by atoms with Crippen molar-refractivity contribution in [1.29, 1.82) is 0 Å². The first-order valence-electron chi connectivity index (χ1n) is 10.1. The van der Waals surface area contributed by atoms with Crippen molar-refractivity contribution in [1.82, 2.24) is 10.2 Å². The van der Waals surface area contributed by atoms with Crippen LogP contribution >= 0.6 is 0 Å². The van der Waals surface area contributed by atoms with Crippen LogP contribution in [0, 0.1) is 0 Å². The summed E-state index contributed by atoms with van der Waals surface area (Å²) < 4.78 is 11.7. The SMILES string of the molecule is CC(C)Oc1ccccc1CNCc1ccccc1OCC(=O)N1CCCC1. The molecule has 1 N–H and O–H groups in total. The van der Waals surface area contributed by atoms with Crippen molar-refractivity contribution in [3.05, 3.63) is 59.7 Å². The van der Waals surface area contributed by atoms with E-state index in [2.05, 4.69) is 11.4 Å². The molecule has 1 aliphatic rings. The summed E-state index contributed by atoms with van der Waals surface area (Å²) in [6, 6.07) is 15.9. The first-order chi connectivity index (χ1) is 13.6. The molecule has 1 fully saturated rings. The molecular formula is C23H30N2O3. The van der Waals surface area contributed by atoms with Gasteiger partial charge in [0, 0.05) is 37.3 Å². The zero-order valence-electron chi connectivity index (χ0n) is 16.8. The predicted molar refractivity (Wildman–Crippen MR) is 111 cm³/mol. The maximum atomic E-state index is 12.2. The van der Waals surface area contributed by atoms with Gasteiger partial charge in [0.25, 0.3) is 5.91 Å². The Bertz CT molecular complexity index is 770. The molecule has 1 amide bonds. The lowest BCUT2D eigenvalue weighted by atomic mass is 10.1. The second-order valence-corrected chi connectivity index (χ2v) is 7.36. The van der Waals surface area contributed by atoms with E-state index in [1.54, 1.807) is 0 Å². The lowest BCUT2D eigenvalue weighted by Gasteiger charge is -2.17. The maximum absolute atomic E-state index is 12.2. The Morgan fingerprint density at radius 2 is 1.54 bits per heavy atom. The molecule has 0 spiro atoms. The molecule has 0 bridgehead atoms. The van der Waals surface area contributed by atoms with E-state index in [4.69, 9.17) is 9.47 Å². The molecule has 0 saturated carbocycles. The van der Waals surface area contributed by atoms with E-state index in [0.29, 0.717) is 13.1 Å². The summed E-state index contributed by atoms with van der Waals surface area (Å²) in [4.78, 5) is 14.1. The van der Waals surface area contributed by atoms with E-state index in [-0.39, 0.29) is 18.6 Å². The highest BCUT2D eigenvalue weighted by Gasteiger charge is 2.18. The normalized spacial score (nSPS) is 13.8.